The number of carbonyl (C=O) groups is 1. The van der Waals surface area contributed by atoms with Gasteiger partial charge >= 0.3 is 0 Å². The highest BCUT2D eigenvalue weighted by Crippen LogP contribution is 2.44. The molecule has 0 bridgehead atoms. The van der Waals surface area contributed by atoms with E-state index in [0.717, 1.165) is 43.6 Å². The molecule has 2 aromatic carbocycles. The standard InChI is InChI=1S/C23H23NO3S/c1-4-24(17-10-6-7-11-18(17)26-5-2)23(25)20-13-16-14-27-19-12-8-9-15(3)21(19)22(16)28-20/h6-13H,4-5,14H2,1-3H3. The Labute approximate surface area is 169 Å². The summed E-state index contributed by atoms with van der Waals surface area (Å²) >= 11 is 1.55. The fourth-order valence-electron chi connectivity index (χ4n) is 3.57. The van der Waals surface area contributed by atoms with Gasteiger partial charge in [-0.15, -0.1) is 11.3 Å². The summed E-state index contributed by atoms with van der Waals surface area (Å²) in [5.41, 5.74) is 4.14. The van der Waals surface area contributed by atoms with Gasteiger partial charge in [0, 0.05) is 22.5 Å². The highest BCUT2D eigenvalue weighted by molar-refractivity contribution is 7.17. The van der Waals surface area contributed by atoms with Gasteiger partial charge in [0.15, 0.2) is 0 Å². The summed E-state index contributed by atoms with van der Waals surface area (Å²) in [6.45, 7) is 7.63. The topological polar surface area (TPSA) is 38.8 Å². The first-order valence-corrected chi connectivity index (χ1v) is 10.3. The van der Waals surface area contributed by atoms with E-state index in [1.807, 2.05) is 56.3 Å². The zero-order valence-electron chi connectivity index (χ0n) is 16.3. The second-order valence-electron chi connectivity index (χ2n) is 6.65. The van der Waals surface area contributed by atoms with E-state index in [4.69, 9.17) is 9.47 Å². The molecular weight excluding hydrogens is 370 g/mol. The molecule has 5 heteroatoms. The molecule has 0 aliphatic carbocycles. The van der Waals surface area contributed by atoms with Crippen LogP contribution in [0, 0.1) is 6.92 Å². The minimum Gasteiger partial charge on any atom is -0.492 e. The van der Waals surface area contributed by atoms with E-state index in [2.05, 4.69) is 13.0 Å². The Balaban J connectivity index is 1.73. The van der Waals surface area contributed by atoms with Gasteiger partial charge < -0.3 is 14.4 Å². The molecular formula is C23H23NO3S. The van der Waals surface area contributed by atoms with Crippen LogP contribution in [0.4, 0.5) is 5.69 Å². The van der Waals surface area contributed by atoms with Gasteiger partial charge in [0.05, 0.1) is 17.2 Å². The van der Waals surface area contributed by atoms with Crippen molar-refractivity contribution in [1.82, 2.24) is 0 Å². The molecule has 2 heterocycles. The number of carbonyl (C=O) groups excluding carboxylic acids is 1. The normalized spacial score (nSPS) is 12.0. The Morgan fingerprint density at radius 1 is 1.18 bits per heavy atom. The van der Waals surface area contributed by atoms with Gasteiger partial charge in [0.1, 0.15) is 18.1 Å². The minimum atomic E-state index is -0.0100. The van der Waals surface area contributed by atoms with Crippen molar-refractivity contribution in [3.8, 4) is 21.9 Å². The molecule has 28 heavy (non-hydrogen) atoms. The number of thiophene rings is 1. The van der Waals surface area contributed by atoms with E-state index in [1.54, 1.807) is 16.2 Å². The zero-order chi connectivity index (χ0) is 19.7. The van der Waals surface area contributed by atoms with Crippen LogP contribution in [-0.2, 0) is 6.61 Å². The monoisotopic (exact) mass is 393 g/mol. The molecule has 0 atom stereocenters. The third-order valence-electron chi connectivity index (χ3n) is 4.88. The zero-order valence-corrected chi connectivity index (χ0v) is 17.1. The number of anilines is 1. The van der Waals surface area contributed by atoms with Crippen molar-refractivity contribution in [3.05, 3.63) is 64.5 Å². The first-order chi connectivity index (χ1) is 13.6. The van der Waals surface area contributed by atoms with E-state index in [9.17, 15) is 4.79 Å². The third-order valence-corrected chi connectivity index (χ3v) is 6.06. The third kappa shape index (κ3) is 3.16. The van der Waals surface area contributed by atoms with E-state index in [1.165, 1.54) is 0 Å². The van der Waals surface area contributed by atoms with Gasteiger partial charge in [-0.1, -0.05) is 24.3 Å². The lowest BCUT2D eigenvalue weighted by Crippen LogP contribution is -2.30. The van der Waals surface area contributed by atoms with Crippen molar-refractivity contribution >= 4 is 22.9 Å². The molecule has 1 aliphatic heterocycles. The molecule has 1 aromatic heterocycles. The van der Waals surface area contributed by atoms with Crippen LogP contribution in [-0.4, -0.2) is 19.1 Å². The van der Waals surface area contributed by atoms with Crippen molar-refractivity contribution in [2.75, 3.05) is 18.1 Å². The van der Waals surface area contributed by atoms with E-state index in [0.29, 0.717) is 19.8 Å². The van der Waals surface area contributed by atoms with Gasteiger partial charge in [-0.2, -0.15) is 0 Å². The lowest BCUT2D eigenvalue weighted by molar-refractivity contribution is 0.0991. The highest BCUT2D eigenvalue weighted by Gasteiger charge is 2.27. The van der Waals surface area contributed by atoms with Crippen LogP contribution in [0.3, 0.4) is 0 Å². The Bertz CT molecular complexity index is 1020. The van der Waals surface area contributed by atoms with Crippen molar-refractivity contribution in [3.63, 3.8) is 0 Å². The summed E-state index contributed by atoms with van der Waals surface area (Å²) in [5, 5.41) is 0. The van der Waals surface area contributed by atoms with Crippen molar-refractivity contribution in [1.29, 1.82) is 0 Å². The maximum atomic E-state index is 13.4. The lowest BCUT2D eigenvalue weighted by Gasteiger charge is -2.23. The van der Waals surface area contributed by atoms with E-state index < -0.39 is 0 Å². The summed E-state index contributed by atoms with van der Waals surface area (Å²) in [6.07, 6.45) is 0. The first-order valence-electron chi connectivity index (χ1n) is 9.53. The average Bonchev–Trinajstić information content (AvgIpc) is 3.14. The number of fused-ring (bicyclic) bond motifs is 3. The number of hydrogen-bond acceptors (Lipinski definition) is 4. The molecule has 0 fully saturated rings. The fourth-order valence-corrected chi connectivity index (χ4v) is 4.81. The Kier molecular flexibility index (Phi) is 5.09. The number of ether oxygens (including phenoxy) is 2. The Morgan fingerprint density at radius 2 is 2.00 bits per heavy atom. The summed E-state index contributed by atoms with van der Waals surface area (Å²) in [4.78, 5) is 17.0. The number of para-hydroxylation sites is 2. The first kappa shape index (κ1) is 18.6. The predicted octanol–water partition coefficient (Wildman–Crippen LogP) is 5.68. The fraction of sp³-hybridized carbons (Fsp3) is 0.261. The summed E-state index contributed by atoms with van der Waals surface area (Å²) < 4.78 is 11.6. The summed E-state index contributed by atoms with van der Waals surface area (Å²) in [6, 6.07) is 15.7. The molecule has 0 spiro atoms. The molecule has 1 aliphatic rings. The van der Waals surface area contributed by atoms with E-state index >= 15 is 0 Å². The summed E-state index contributed by atoms with van der Waals surface area (Å²) in [7, 11) is 0. The molecule has 3 aromatic rings. The average molecular weight is 394 g/mol. The van der Waals surface area contributed by atoms with E-state index in [-0.39, 0.29) is 5.91 Å². The van der Waals surface area contributed by atoms with Crippen molar-refractivity contribution in [2.24, 2.45) is 0 Å². The molecule has 0 N–H and O–H groups in total. The SMILES string of the molecule is CCOc1ccccc1N(CC)C(=O)c1cc2c(s1)-c1c(C)cccc1OC2. The maximum Gasteiger partial charge on any atom is 0.268 e. The molecule has 0 saturated heterocycles. The molecule has 0 unspecified atom stereocenters. The van der Waals surface area contributed by atoms with Gasteiger partial charge in [-0.05, 0) is 50.6 Å². The van der Waals surface area contributed by atoms with Crippen LogP contribution in [0.2, 0.25) is 0 Å². The van der Waals surface area contributed by atoms with Crippen LogP contribution in [0.5, 0.6) is 11.5 Å². The van der Waals surface area contributed by atoms with Crippen LogP contribution >= 0.6 is 11.3 Å². The highest BCUT2D eigenvalue weighted by atomic mass is 32.1. The van der Waals surface area contributed by atoms with Gasteiger partial charge in [-0.25, -0.2) is 0 Å². The minimum absolute atomic E-state index is 0.0100. The number of aryl methyl sites for hydroxylation is 1. The molecule has 144 valence electrons. The summed E-state index contributed by atoms with van der Waals surface area (Å²) in [5.74, 6) is 1.61. The Morgan fingerprint density at radius 3 is 2.79 bits per heavy atom. The molecule has 4 rings (SSSR count). The number of hydrogen-bond donors (Lipinski definition) is 0. The smallest absolute Gasteiger partial charge is 0.268 e. The number of rotatable bonds is 5. The maximum absolute atomic E-state index is 13.4. The second kappa shape index (κ2) is 7.68. The molecule has 0 saturated carbocycles. The number of amides is 1. The van der Waals surface area contributed by atoms with Crippen LogP contribution in [0.25, 0.3) is 10.4 Å². The molecule has 0 radical (unpaired) electrons. The van der Waals surface area contributed by atoms with Crippen molar-refractivity contribution < 1.29 is 14.3 Å². The van der Waals surface area contributed by atoms with Crippen LogP contribution < -0.4 is 14.4 Å². The van der Waals surface area contributed by atoms with Gasteiger partial charge in [0.25, 0.3) is 5.91 Å². The van der Waals surface area contributed by atoms with Gasteiger partial charge in [-0.3, -0.25) is 4.79 Å². The van der Waals surface area contributed by atoms with Crippen molar-refractivity contribution in [2.45, 2.75) is 27.4 Å². The molecule has 4 nitrogen and oxygen atoms in total. The van der Waals surface area contributed by atoms with Gasteiger partial charge in [0.2, 0.25) is 0 Å². The lowest BCUT2D eigenvalue weighted by atomic mass is 10.0. The van der Waals surface area contributed by atoms with Crippen LogP contribution in [0.15, 0.2) is 48.5 Å². The Hall–Kier alpha value is -2.79. The van der Waals surface area contributed by atoms with Crippen LogP contribution in [0.1, 0.15) is 34.6 Å². The second-order valence-corrected chi connectivity index (χ2v) is 7.70. The quantitative estimate of drug-likeness (QED) is 0.560. The molecule has 1 amide bonds. The number of benzene rings is 2. The predicted molar refractivity (Wildman–Crippen MR) is 114 cm³/mol. The number of nitrogens with zero attached hydrogens (tertiary/aromatic N) is 1. The largest absolute Gasteiger partial charge is 0.492 e.